The number of nitrogens with zero attached hydrogens (tertiary/aromatic N) is 2. The van der Waals surface area contributed by atoms with Gasteiger partial charge in [-0.25, -0.2) is 0 Å². The Morgan fingerprint density at radius 1 is 0.950 bits per heavy atom. The first-order valence-electron chi connectivity index (χ1n) is 7.24. The lowest BCUT2D eigenvalue weighted by molar-refractivity contribution is 0.0342. The summed E-state index contributed by atoms with van der Waals surface area (Å²) >= 11 is 3.60. The molecule has 3 rings (SSSR count). The predicted molar refractivity (Wildman–Crippen MR) is 83.3 cm³/mol. The highest BCUT2D eigenvalue weighted by atomic mass is 79.9. The Bertz CT molecular complexity index is 443. The highest BCUT2D eigenvalue weighted by Gasteiger charge is 2.18. The maximum absolute atomic E-state index is 5.46. The first-order valence-corrected chi connectivity index (χ1v) is 8.03. The molecule has 5 heteroatoms. The number of benzene rings is 1. The van der Waals surface area contributed by atoms with Gasteiger partial charge in [-0.15, -0.1) is 0 Å². The lowest BCUT2D eigenvalue weighted by Gasteiger charge is -2.33. The van der Waals surface area contributed by atoms with Crippen LogP contribution in [0.3, 0.4) is 0 Å². The van der Waals surface area contributed by atoms with Gasteiger partial charge in [-0.2, -0.15) is 0 Å². The summed E-state index contributed by atoms with van der Waals surface area (Å²) in [6, 6.07) is 6.62. The van der Waals surface area contributed by atoms with E-state index >= 15 is 0 Å². The summed E-state index contributed by atoms with van der Waals surface area (Å²) in [5.41, 5.74) is 2.74. The Labute approximate surface area is 128 Å². The highest BCUT2D eigenvalue weighted by molar-refractivity contribution is 9.10. The van der Waals surface area contributed by atoms with E-state index in [-0.39, 0.29) is 0 Å². The molecule has 2 aliphatic rings. The van der Waals surface area contributed by atoms with Gasteiger partial charge < -0.3 is 14.4 Å². The lowest BCUT2D eigenvalue weighted by Crippen LogP contribution is -2.38. The molecule has 2 aliphatic heterocycles. The van der Waals surface area contributed by atoms with Crippen molar-refractivity contribution >= 4 is 21.6 Å². The molecule has 0 spiro atoms. The van der Waals surface area contributed by atoms with E-state index in [0.717, 1.165) is 63.6 Å². The number of hydrogen-bond donors (Lipinski definition) is 0. The zero-order chi connectivity index (χ0) is 13.8. The van der Waals surface area contributed by atoms with Gasteiger partial charge in [0.2, 0.25) is 0 Å². The molecule has 1 aromatic rings. The van der Waals surface area contributed by atoms with Gasteiger partial charge in [-0.05, 0) is 17.7 Å². The van der Waals surface area contributed by atoms with Gasteiger partial charge in [0.15, 0.2) is 0 Å². The number of morpholine rings is 2. The van der Waals surface area contributed by atoms with Crippen LogP contribution in [0.15, 0.2) is 22.7 Å². The van der Waals surface area contributed by atoms with Crippen LogP contribution >= 0.6 is 15.9 Å². The molecule has 0 unspecified atom stereocenters. The van der Waals surface area contributed by atoms with Crippen molar-refractivity contribution in [1.29, 1.82) is 0 Å². The van der Waals surface area contributed by atoms with Crippen LogP contribution in [0.2, 0.25) is 0 Å². The standard InChI is InChI=1S/C15H21BrN2O2/c16-14-2-1-13(12-17-3-7-19-8-4-17)15(11-14)18-5-9-20-10-6-18/h1-2,11H,3-10,12H2. The van der Waals surface area contributed by atoms with Crippen molar-refractivity contribution in [2.24, 2.45) is 0 Å². The van der Waals surface area contributed by atoms with Crippen molar-refractivity contribution < 1.29 is 9.47 Å². The molecule has 0 aliphatic carbocycles. The van der Waals surface area contributed by atoms with Crippen molar-refractivity contribution in [3.8, 4) is 0 Å². The Morgan fingerprint density at radius 2 is 1.60 bits per heavy atom. The van der Waals surface area contributed by atoms with Crippen LogP contribution in [0.4, 0.5) is 5.69 Å². The average Bonchev–Trinajstić information content (AvgIpc) is 2.51. The summed E-state index contributed by atoms with van der Waals surface area (Å²) in [6.45, 7) is 8.36. The molecular weight excluding hydrogens is 320 g/mol. The molecule has 110 valence electrons. The molecule has 2 fully saturated rings. The van der Waals surface area contributed by atoms with Gasteiger partial charge >= 0.3 is 0 Å². The molecule has 20 heavy (non-hydrogen) atoms. The Morgan fingerprint density at radius 3 is 2.30 bits per heavy atom. The Hall–Kier alpha value is -0.620. The second-order valence-electron chi connectivity index (χ2n) is 5.26. The van der Waals surface area contributed by atoms with Crippen molar-refractivity contribution in [2.45, 2.75) is 6.54 Å². The third-order valence-corrected chi connectivity index (χ3v) is 4.39. The minimum absolute atomic E-state index is 0.823. The Kier molecular flexibility index (Phi) is 4.94. The maximum Gasteiger partial charge on any atom is 0.0642 e. The Balaban J connectivity index is 1.77. The van der Waals surface area contributed by atoms with E-state index in [2.05, 4.69) is 43.9 Å². The zero-order valence-electron chi connectivity index (χ0n) is 11.7. The third-order valence-electron chi connectivity index (χ3n) is 3.90. The average molecular weight is 341 g/mol. The monoisotopic (exact) mass is 340 g/mol. The predicted octanol–water partition coefficient (Wildman–Crippen LogP) is 2.12. The summed E-state index contributed by atoms with van der Waals surface area (Å²) in [7, 11) is 0. The smallest absolute Gasteiger partial charge is 0.0642 e. The molecule has 0 amide bonds. The summed E-state index contributed by atoms with van der Waals surface area (Å²) in [4.78, 5) is 4.90. The van der Waals surface area contributed by atoms with Crippen LogP contribution in [-0.4, -0.2) is 57.5 Å². The fraction of sp³-hybridized carbons (Fsp3) is 0.600. The molecule has 0 saturated carbocycles. The van der Waals surface area contributed by atoms with E-state index in [4.69, 9.17) is 9.47 Å². The second kappa shape index (κ2) is 6.89. The molecule has 0 aromatic heterocycles. The van der Waals surface area contributed by atoms with Crippen LogP contribution < -0.4 is 4.90 Å². The summed E-state index contributed by atoms with van der Waals surface area (Å²) < 4.78 is 12.0. The van der Waals surface area contributed by atoms with E-state index in [9.17, 15) is 0 Å². The quantitative estimate of drug-likeness (QED) is 0.841. The fourth-order valence-corrected chi connectivity index (χ4v) is 3.12. The molecule has 2 heterocycles. The first-order chi connectivity index (χ1) is 9.83. The number of anilines is 1. The van der Waals surface area contributed by atoms with Crippen LogP contribution in [0.1, 0.15) is 5.56 Å². The van der Waals surface area contributed by atoms with Crippen LogP contribution in [0.25, 0.3) is 0 Å². The largest absolute Gasteiger partial charge is 0.379 e. The SMILES string of the molecule is Brc1ccc(CN2CCOCC2)c(N2CCOCC2)c1. The third kappa shape index (κ3) is 3.52. The fourth-order valence-electron chi connectivity index (χ4n) is 2.77. The summed E-state index contributed by atoms with van der Waals surface area (Å²) in [6.07, 6.45) is 0. The van der Waals surface area contributed by atoms with E-state index in [0.29, 0.717) is 0 Å². The molecule has 0 atom stereocenters. The number of rotatable bonds is 3. The van der Waals surface area contributed by atoms with Crippen molar-refractivity contribution in [3.05, 3.63) is 28.2 Å². The van der Waals surface area contributed by atoms with Crippen molar-refractivity contribution in [3.63, 3.8) is 0 Å². The number of hydrogen-bond acceptors (Lipinski definition) is 4. The van der Waals surface area contributed by atoms with E-state index in [1.54, 1.807) is 0 Å². The van der Waals surface area contributed by atoms with Gasteiger partial charge in [-0.1, -0.05) is 22.0 Å². The first kappa shape index (κ1) is 14.3. The van der Waals surface area contributed by atoms with E-state index < -0.39 is 0 Å². The zero-order valence-corrected chi connectivity index (χ0v) is 13.3. The molecule has 2 saturated heterocycles. The van der Waals surface area contributed by atoms with E-state index in [1.165, 1.54) is 11.3 Å². The second-order valence-corrected chi connectivity index (χ2v) is 6.18. The summed E-state index contributed by atoms with van der Waals surface area (Å²) in [5.74, 6) is 0. The van der Waals surface area contributed by atoms with Crippen LogP contribution in [0.5, 0.6) is 0 Å². The normalized spacial score (nSPS) is 21.1. The maximum atomic E-state index is 5.46. The minimum Gasteiger partial charge on any atom is -0.379 e. The molecule has 4 nitrogen and oxygen atoms in total. The lowest BCUT2D eigenvalue weighted by atomic mass is 10.1. The molecule has 0 radical (unpaired) electrons. The number of ether oxygens (including phenoxy) is 2. The number of halogens is 1. The summed E-state index contributed by atoms with van der Waals surface area (Å²) in [5, 5.41) is 0. The van der Waals surface area contributed by atoms with Gasteiger partial charge in [0.1, 0.15) is 0 Å². The van der Waals surface area contributed by atoms with Crippen LogP contribution in [-0.2, 0) is 16.0 Å². The van der Waals surface area contributed by atoms with Crippen molar-refractivity contribution in [2.75, 3.05) is 57.5 Å². The molecule has 0 bridgehead atoms. The topological polar surface area (TPSA) is 24.9 Å². The van der Waals surface area contributed by atoms with Gasteiger partial charge in [0, 0.05) is 42.9 Å². The molecule has 1 aromatic carbocycles. The van der Waals surface area contributed by atoms with Crippen molar-refractivity contribution in [1.82, 2.24) is 4.90 Å². The van der Waals surface area contributed by atoms with Gasteiger partial charge in [0.25, 0.3) is 0 Å². The van der Waals surface area contributed by atoms with E-state index in [1.807, 2.05) is 0 Å². The van der Waals surface area contributed by atoms with Gasteiger partial charge in [-0.3, -0.25) is 4.90 Å². The van der Waals surface area contributed by atoms with Crippen LogP contribution in [0, 0.1) is 0 Å². The minimum atomic E-state index is 0.823. The van der Waals surface area contributed by atoms with Gasteiger partial charge in [0.05, 0.1) is 26.4 Å². The molecular formula is C15H21BrN2O2. The highest BCUT2D eigenvalue weighted by Crippen LogP contribution is 2.27. The molecule has 0 N–H and O–H groups in total.